The molecule has 1 spiro atoms. The summed E-state index contributed by atoms with van der Waals surface area (Å²) >= 11 is 12.5. The van der Waals surface area contributed by atoms with Gasteiger partial charge in [-0.1, -0.05) is 48.2 Å². The summed E-state index contributed by atoms with van der Waals surface area (Å²) in [6.45, 7) is 4.32. The molecule has 1 aromatic carbocycles. The number of halogens is 2. The van der Waals surface area contributed by atoms with Gasteiger partial charge in [0.05, 0.1) is 10.0 Å². The van der Waals surface area contributed by atoms with Crippen molar-refractivity contribution in [2.75, 3.05) is 19.6 Å². The minimum Gasteiger partial charge on any atom is -0.310 e. The van der Waals surface area contributed by atoms with Crippen LogP contribution in [0.3, 0.4) is 0 Å². The zero-order chi connectivity index (χ0) is 14.0. The fourth-order valence-electron chi connectivity index (χ4n) is 3.65. The van der Waals surface area contributed by atoms with Crippen molar-refractivity contribution in [3.8, 4) is 0 Å². The van der Waals surface area contributed by atoms with Crippen molar-refractivity contribution in [1.82, 2.24) is 10.2 Å². The van der Waals surface area contributed by atoms with Gasteiger partial charge in [-0.3, -0.25) is 4.90 Å². The normalized spacial score (nSPS) is 23.1. The number of nitrogens with zero attached hydrogens (tertiary/aromatic N) is 1. The molecule has 0 aromatic heterocycles. The lowest BCUT2D eigenvalue weighted by molar-refractivity contribution is 0.203. The van der Waals surface area contributed by atoms with E-state index < -0.39 is 0 Å². The molecule has 2 fully saturated rings. The van der Waals surface area contributed by atoms with Crippen LogP contribution in [0.5, 0.6) is 0 Å². The van der Waals surface area contributed by atoms with Crippen LogP contribution in [0, 0.1) is 0 Å². The Morgan fingerprint density at radius 1 is 1.15 bits per heavy atom. The fourth-order valence-corrected chi connectivity index (χ4v) is 4.03. The third-order valence-corrected chi connectivity index (χ3v) is 5.52. The third-order valence-electron chi connectivity index (χ3n) is 4.66. The largest absolute Gasteiger partial charge is 0.310 e. The minimum atomic E-state index is 0.349. The Bertz CT molecular complexity index is 470. The average Bonchev–Trinajstić information content (AvgIpc) is 2.78. The van der Waals surface area contributed by atoms with E-state index >= 15 is 0 Å². The first-order valence-corrected chi connectivity index (χ1v) is 8.34. The lowest BCUT2D eigenvalue weighted by Crippen LogP contribution is -2.49. The summed E-state index contributed by atoms with van der Waals surface area (Å²) in [5.74, 6) is 0. The molecule has 4 heteroatoms. The minimum absolute atomic E-state index is 0.349. The van der Waals surface area contributed by atoms with Gasteiger partial charge in [-0.05, 0) is 44.0 Å². The number of nitrogens with one attached hydrogen (secondary N) is 1. The number of hydrogen-bond donors (Lipinski definition) is 1. The summed E-state index contributed by atoms with van der Waals surface area (Å²) < 4.78 is 0. The molecule has 2 aliphatic rings. The quantitative estimate of drug-likeness (QED) is 0.884. The second-order valence-corrected chi connectivity index (χ2v) is 6.98. The summed E-state index contributed by atoms with van der Waals surface area (Å²) in [5, 5.41) is 5.17. The van der Waals surface area contributed by atoms with E-state index in [1.54, 1.807) is 0 Å². The summed E-state index contributed by atoms with van der Waals surface area (Å²) in [7, 11) is 0. The monoisotopic (exact) mass is 312 g/mol. The van der Waals surface area contributed by atoms with E-state index in [-0.39, 0.29) is 0 Å². The summed E-state index contributed by atoms with van der Waals surface area (Å²) in [6.07, 6.45) is 6.55. The van der Waals surface area contributed by atoms with E-state index in [1.165, 1.54) is 32.1 Å². The van der Waals surface area contributed by atoms with Gasteiger partial charge in [0.15, 0.2) is 0 Å². The Hall–Kier alpha value is -0.280. The molecule has 0 unspecified atom stereocenters. The van der Waals surface area contributed by atoms with Crippen LogP contribution in [-0.4, -0.2) is 30.1 Å². The van der Waals surface area contributed by atoms with E-state index in [9.17, 15) is 0 Å². The van der Waals surface area contributed by atoms with Crippen LogP contribution in [0.25, 0.3) is 0 Å². The Morgan fingerprint density at radius 3 is 2.75 bits per heavy atom. The third kappa shape index (κ3) is 3.14. The van der Waals surface area contributed by atoms with Gasteiger partial charge in [-0.2, -0.15) is 0 Å². The van der Waals surface area contributed by atoms with Crippen LogP contribution >= 0.6 is 23.2 Å². The predicted octanol–water partition coefficient (Wildman–Crippen LogP) is 4.10. The molecule has 20 heavy (non-hydrogen) atoms. The Balaban J connectivity index is 1.74. The predicted molar refractivity (Wildman–Crippen MR) is 85.6 cm³/mol. The van der Waals surface area contributed by atoms with E-state index in [1.807, 2.05) is 12.1 Å². The fraction of sp³-hybridized carbons (Fsp3) is 0.625. The molecule has 1 saturated heterocycles. The van der Waals surface area contributed by atoms with E-state index in [4.69, 9.17) is 23.2 Å². The van der Waals surface area contributed by atoms with E-state index in [2.05, 4.69) is 16.3 Å². The maximum absolute atomic E-state index is 6.33. The number of hydrogen-bond acceptors (Lipinski definition) is 2. The van der Waals surface area contributed by atoms with Crippen molar-refractivity contribution in [2.45, 2.75) is 44.2 Å². The first-order chi connectivity index (χ1) is 9.69. The Kier molecular flexibility index (Phi) is 4.56. The van der Waals surface area contributed by atoms with Gasteiger partial charge in [0.2, 0.25) is 0 Å². The van der Waals surface area contributed by atoms with Crippen LogP contribution in [0.1, 0.15) is 37.7 Å². The second-order valence-electron chi connectivity index (χ2n) is 6.19. The molecular weight excluding hydrogens is 291 g/mol. The molecule has 110 valence electrons. The number of benzene rings is 1. The molecule has 1 N–H and O–H groups in total. The molecule has 0 atom stereocenters. The molecular formula is C16H22Cl2N2. The van der Waals surface area contributed by atoms with Crippen molar-refractivity contribution in [3.63, 3.8) is 0 Å². The zero-order valence-electron chi connectivity index (χ0n) is 11.8. The molecule has 0 bridgehead atoms. The van der Waals surface area contributed by atoms with Gasteiger partial charge in [0, 0.05) is 18.6 Å². The smallest absolute Gasteiger partial charge is 0.0637 e. The topological polar surface area (TPSA) is 15.3 Å². The molecule has 1 saturated carbocycles. The summed E-state index contributed by atoms with van der Waals surface area (Å²) in [5.41, 5.74) is 1.50. The first kappa shape index (κ1) is 14.6. The van der Waals surface area contributed by atoms with E-state index in [0.29, 0.717) is 15.6 Å². The maximum atomic E-state index is 6.33. The van der Waals surface area contributed by atoms with Crippen molar-refractivity contribution >= 4 is 23.2 Å². The summed E-state index contributed by atoms with van der Waals surface area (Å²) in [4.78, 5) is 2.54. The van der Waals surface area contributed by atoms with Gasteiger partial charge in [-0.25, -0.2) is 0 Å². The highest BCUT2D eigenvalue weighted by Crippen LogP contribution is 2.33. The van der Waals surface area contributed by atoms with Crippen molar-refractivity contribution in [3.05, 3.63) is 33.8 Å². The molecule has 1 aliphatic heterocycles. The average molecular weight is 313 g/mol. The molecule has 3 rings (SSSR count). The van der Waals surface area contributed by atoms with Crippen LogP contribution in [-0.2, 0) is 6.54 Å². The van der Waals surface area contributed by atoms with Crippen LogP contribution in [0.4, 0.5) is 0 Å². The first-order valence-electron chi connectivity index (χ1n) is 7.59. The lowest BCUT2D eigenvalue weighted by Gasteiger charge is -2.33. The van der Waals surface area contributed by atoms with Crippen LogP contribution in [0.15, 0.2) is 18.2 Å². The molecule has 1 heterocycles. The van der Waals surface area contributed by atoms with Gasteiger partial charge in [-0.15, -0.1) is 0 Å². The van der Waals surface area contributed by atoms with Crippen molar-refractivity contribution in [1.29, 1.82) is 0 Å². The SMILES string of the molecule is Clc1cccc(CN2CCCNC3(CCCC3)C2)c1Cl. The maximum Gasteiger partial charge on any atom is 0.0637 e. The second kappa shape index (κ2) is 6.23. The Morgan fingerprint density at radius 2 is 1.95 bits per heavy atom. The Labute approximate surface area is 131 Å². The standard InChI is InChI=1S/C16H22Cl2N2/c17-14-6-3-5-13(15(14)18)11-20-10-4-9-19-16(12-20)7-1-2-8-16/h3,5-6,19H,1-2,4,7-12H2. The molecule has 0 radical (unpaired) electrons. The van der Waals surface area contributed by atoms with Crippen molar-refractivity contribution < 1.29 is 0 Å². The van der Waals surface area contributed by atoms with E-state index in [0.717, 1.165) is 31.7 Å². The highest BCUT2D eigenvalue weighted by Gasteiger charge is 2.36. The van der Waals surface area contributed by atoms with Gasteiger partial charge < -0.3 is 5.32 Å². The van der Waals surface area contributed by atoms with Gasteiger partial charge in [0.1, 0.15) is 0 Å². The summed E-state index contributed by atoms with van der Waals surface area (Å²) in [6, 6.07) is 5.94. The molecule has 0 amide bonds. The van der Waals surface area contributed by atoms with Gasteiger partial charge >= 0.3 is 0 Å². The molecule has 1 aromatic rings. The molecule has 1 aliphatic carbocycles. The zero-order valence-corrected chi connectivity index (χ0v) is 13.3. The highest BCUT2D eigenvalue weighted by molar-refractivity contribution is 6.42. The number of rotatable bonds is 2. The van der Waals surface area contributed by atoms with Crippen LogP contribution < -0.4 is 5.32 Å². The molecule has 2 nitrogen and oxygen atoms in total. The lowest BCUT2D eigenvalue weighted by atomic mass is 9.97. The van der Waals surface area contributed by atoms with Gasteiger partial charge in [0.25, 0.3) is 0 Å². The van der Waals surface area contributed by atoms with Crippen LogP contribution in [0.2, 0.25) is 10.0 Å². The van der Waals surface area contributed by atoms with Crippen molar-refractivity contribution in [2.24, 2.45) is 0 Å². The highest BCUT2D eigenvalue weighted by atomic mass is 35.5.